The van der Waals surface area contributed by atoms with Gasteiger partial charge in [-0.25, -0.2) is 0 Å². The van der Waals surface area contributed by atoms with Crippen LogP contribution in [0.2, 0.25) is 5.02 Å². The number of ether oxygens (including phenoxy) is 1. The smallest absolute Gasteiger partial charge is 0.123 e. The van der Waals surface area contributed by atoms with Crippen molar-refractivity contribution >= 4 is 24.0 Å². The third-order valence-electron chi connectivity index (χ3n) is 2.02. The summed E-state index contributed by atoms with van der Waals surface area (Å²) in [6.07, 6.45) is 0. The first-order valence-corrected chi connectivity index (χ1v) is 5.66. The maximum Gasteiger partial charge on any atom is 0.123 e. The molecular formula is C12H19Cl2NO. The van der Waals surface area contributed by atoms with Gasteiger partial charge < -0.3 is 10.1 Å². The number of benzene rings is 1. The fraction of sp³-hybridized carbons (Fsp3) is 0.500. The molecule has 0 aliphatic carbocycles. The average molecular weight is 264 g/mol. The topological polar surface area (TPSA) is 21.3 Å². The first-order chi connectivity index (χ1) is 7.13. The van der Waals surface area contributed by atoms with Crippen molar-refractivity contribution in [2.75, 3.05) is 6.61 Å². The lowest BCUT2D eigenvalue weighted by Crippen LogP contribution is -2.22. The van der Waals surface area contributed by atoms with Gasteiger partial charge in [0.2, 0.25) is 0 Å². The van der Waals surface area contributed by atoms with E-state index < -0.39 is 0 Å². The Morgan fingerprint density at radius 1 is 1.38 bits per heavy atom. The molecule has 0 bridgehead atoms. The van der Waals surface area contributed by atoms with Crippen molar-refractivity contribution in [1.82, 2.24) is 5.32 Å². The standard InChI is InChI=1S/C12H18ClNO.ClH/c1-4-15-12-6-5-11(13)7-10(12)8-14-9(2)3;/h5-7,9,14H,4,8H2,1-3H3;1H. The van der Waals surface area contributed by atoms with Gasteiger partial charge in [-0.1, -0.05) is 25.4 Å². The summed E-state index contributed by atoms with van der Waals surface area (Å²) >= 11 is 5.95. The van der Waals surface area contributed by atoms with Crippen molar-refractivity contribution in [3.63, 3.8) is 0 Å². The molecule has 0 unspecified atom stereocenters. The van der Waals surface area contributed by atoms with Crippen LogP contribution in [-0.4, -0.2) is 12.6 Å². The second-order valence-electron chi connectivity index (χ2n) is 3.72. The van der Waals surface area contributed by atoms with Crippen LogP contribution in [0.3, 0.4) is 0 Å². The van der Waals surface area contributed by atoms with E-state index >= 15 is 0 Å². The van der Waals surface area contributed by atoms with Crippen LogP contribution in [0.1, 0.15) is 26.3 Å². The van der Waals surface area contributed by atoms with Gasteiger partial charge >= 0.3 is 0 Å². The van der Waals surface area contributed by atoms with Crippen molar-refractivity contribution in [2.24, 2.45) is 0 Å². The molecule has 0 radical (unpaired) electrons. The van der Waals surface area contributed by atoms with Gasteiger partial charge in [0.1, 0.15) is 5.75 Å². The number of hydrogen-bond acceptors (Lipinski definition) is 2. The Morgan fingerprint density at radius 3 is 2.62 bits per heavy atom. The minimum absolute atomic E-state index is 0. The minimum Gasteiger partial charge on any atom is -0.494 e. The molecule has 4 heteroatoms. The highest BCUT2D eigenvalue weighted by molar-refractivity contribution is 6.30. The summed E-state index contributed by atoms with van der Waals surface area (Å²) in [5.41, 5.74) is 1.11. The lowest BCUT2D eigenvalue weighted by atomic mass is 10.2. The molecule has 0 fully saturated rings. The molecular weight excluding hydrogens is 245 g/mol. The van der Waals surface area contributed by atoms with E-state index in [2.05, 4.69) is 19.2 Å². The highest BCUT2D eigenvalue weighted by atomic mass is 35.5. The zero-order valence-corrected chi connectivity index (χ0v) is 11.5. The van der Waals surface area contributed by atoms with Crippen LogP contribution >= 0.6 is 24.0 Å². The van der Waals surface area contributed by atoms with Gasteiger partial charge in [0.05, 0.1) is 6.61 Å². The fourth-order valence-corrected chi connectivity index (χ4v) is 1.49. The van der Waals surface area contributed by atoms with Crippen molar-refractivity contribution in [3.05, 3.63) is 28.8 Å². The lowest BCUT2D eigenvalue weighted by molar-refractivity contribution is 0.335. The molecule has 0 aromatic heterocycles. The summed E-state index contributed by atoms with van der Waals surface area (Å²) in [6.45, 7) is 7.67. The quantitative estimate of drug-likeness (QED) is 0.876. The SMILES string of the molecule is CCOc1ccc(Cl)cc1CNC(C)C.Cl. The van der Waals surface area contributed by atoms with Gasteiger partial charge in [-0.05, 0) is 25.1 Å². The van der Waals surface area contributed by atoms with Crippen LogP contribution < -0.4 is 10.1 Å². The normalized spacial score (nSPS) is 10.1. The Morgan fingerprint density at radius 2 is 2.06 bits per heavy atom. The maximum atomic E-state index is 5.95. The zero-order valence-electron chi connectivity index (χ0n) is 9.92. The number of halogens is 2. The monoisotopic (exact) mass is 263 g/mol. The van der Waals surface area contributed by atoms with E-state index in [0.29, 0.717) is 12.6 Å². The molecule has 0 atom stereocenters. The van der Waals surface area contributed by atoms with E-state index in [1.807, 2.05) is 25.1 Å². The predicted octanol–water partition coefficient (Wildman–Crippen LogP) is 3.66. The van der Waals surface area contributed by atoms with Crippen molar-refractivity contribution in [2.45, 2.75) is 33.4 Å². The first-order valence-electron chi connectivity index (χ1n) is 5.28. The summed E-state index contributed by atoms with van der Waals surface area (Å²) in [6, 6.07) is 6.18. The lowest BCUT2D eigenvalue weighted by Gasteiger charge is -2.13. The van der Waals surface area contributed by atoms with Crippen LogP contribution in [0.15, 0.2) is 18.2 Å². The highest BCUT2D eigenvalue weighted by Crippen LogP contribution is 2.22. The molecule has 1 aromatic carbocycles. The Kier molecular flexibility index (Phi) is 7.56. The number of rotatable bonds is 5. The van der Waals surface area contributed by atoms with Crippen LogP contribution in [0, 0.1) is 0 Å². The maximum absolute atomic E-state index is 5.95. The fourth-order valence-electron chi connectivity index (χ4n) is 1.30. The Balaban J connectivity index is 0.00000225. The van der Waals surface area contributed by atoms with E-state index in [9.17, 15) is 0 Å². The molecule has 0 aliphatic rings. The molecule has 0 heterocycles. The Hall–Kier alpha value is -0.440. The molecule has 16 heavy (non-hydrogen) atoms. The second kappa shape index (κ2) is 7.77. The largest absolute Gasteiger partial charge is 0.494 e. The van der Waals surface area contributed by atoms with Gasteiger partial charge in [-0.3, -0.25) is 0 Å². The first kappa shape index (κ1) is 15.6. The summed E-state index contributed by atoms with van der Waals surface area (Å²) in [5, 5.41) is 4.10. The minimum atomic E-state index is 0. The molecule has 0 spiro atoms. The Labute approximate surface area is 109 Å². The molecule has 0 aliphatic heterocycles. The molecule has 92 valence electrons. The number of hydrogen-bond donors (Lipinski definition) is 1. The second-order valence-corrected chi connectivity index (χ2v) is 4.16. The van der Waals surface area contributed by atoms with Gasteiger partial charge in [-0.15, -0.1) is 12.4 Å². The third-order valence-corrected chi connectivity index (χ3v) is 2.26. The van der Waals surface area contributed by atoms with Gasteiger partial charge in [-0.2, -0.15) is 0 Å². The Bertz CT molecular complexity index is 316. The van der Waals surface area contributed by atoms with Crippen molar-refractivity contribution in [3.8, 4) is 5.75 Å². The molecule has 0 saturated carbocycles. The molecule has 1 rings (SSSR count). The van der Waals surface area contributed by atoms with Crippen molar-refractivity contribution < 1.29 is 4.74 Å². The van der Waals surface area contributed by atoms with E-state index in [0.717, 1.165) is 22.9 Å². The summed E-state index contributed by atoms with van der Waals surface area (Å²) in [5.74, 6) is 0.912. The highest BCUT2D eigenvalue weighted by Gasteiger charge is 2.04. The predicted molar refractivity (Wildman–Crippen MR) is 71.8 cm³/mol. The van der Waals surface area contributed by atoms with Crippen LogP contribution in [0.25, 0.3) is 0 Å². The third kappa shape index (κ3) is 5.06. The molecule has 0 amide bonds. The molecule has 0 saturated heterocycles. The molecule has 2 nitrogen and oxygen atoms in total. The van der Waals surface area contributed by atoms with E-state index in [-0.39, 0.29) is 12.4 Å². The van der Waals surface area contributed by atoms with Crippen LogP contribution in [0.4, 0.5) is 0 Å². The summed E-state index contributed by atoms with van der Waals surface area (Å²) in [7, 11) is 0. The number of nitrogens with one attached hydrogen (secondary N) is 1. The summed E-state index contributed by atoms with van der Waals surface area (Å²) in [4.78, 5) is 0. The van der Waals surface area contributed by atoms with Gasteiger partial charge in [0.15, 0.2) is 0 Å². The van der Waals surface area contributed by atoms with Gasteiger partial charge in [0, 0.05) is 23.2 Å². The summed E-state index contributed by atoms with van der Waals surface area (Å²) < 4.78 is 5.53. The molecule has 1 N–H and O–H groups in total. The van der Waals surface area contributed by atoms with E-state index in [1.54, 1.807) is 0 Å². The zero-order chi connectivity index (χ0) is 11.3. The van der Waals surface area contributed by atoms with Crippen molar-refractivity contribution in [1.29, 1.82) is 0 Å². The molecule has 1 aromatic rings. The average Bonchev–Trinajstić information content (AvgIpc) is 2.18. The van der Waals surface area contributed by atoms with Gasteiger partial charge in [0.25, 0.3) is 0 Å². The van der Waals surface area contributed by atoms with Crippen LogP contribution in [-0.2, 0) is 6.54 Å². The van der Waals surface area contributed by atoms with Crippen LogP contribution in [0.5, 0.6) is 5.75 Å². The van der Waals surface area contributed by atoms with E-state index in [4.69, 9.17) is 16.3 Å². The van der Waals surface area contributed by atoms with E-state index in [1.165, 1.54) is 0 Å².